The lowest BCUT2D eigenvalue weighted by molar-refractivity contribution is -0.913. The minimum Gasteiger partial charge on any atom is -0.462 e. The molecule has 0 spiro atoms. The summed E-state index contributed by atoms with van der Waals surface area (Å²) in [5, 5.41) is 3.05. The van der Waals surface area contributed by atoms with Crippen LogP contribution in [0.2, 0.25) is 0 Å². The number of carbonyl (C=O) groups excluding carboxylic acids is 2. The van der Waals surface area contributed by atoms with E-state index in [1.807, 2.05) is 19.1 Å². The van der Waals surface area contributed by atoms with Crippen LogP contribution < -0.4 is 5.32 Å². The molecule has 5 nitrogen and oxygen atoms in total. The van der Waals surface area contributed by atoms with Gasteiger partial charge < -0.3 is 14.5 Å². The molecule has 0 aromatic heterocycles. The zero-order valence-corrected chi connectivity index (χ0v) is 15.9. The molecule has 1 aromatic carbocycles. The molecule has 5 heteroatoms. The maximum absolute atomic E-state index is 13.1. The SMILES string of the molecule is CCCC(C(=O)Nc1c(C)cccc1C(=O)OCC)[N+]1(C)CCCC1. The first-order valence-electron chi connectivity index (χ1n) is 9.34. The summed E-state index contributed by atoms with van der Waals surface area (Å²) in [5.74, 6) is -0.388. The molecule has 138 valence electrons. The predicted octanol–water partition coefficient (Wildman–Crippen LogP) is 3.52. The van der Waals surface area contributed by atoms with E-state index in [1.165, 1.54) is 12.8 Å². The van der Waals surface area contributed by atoms with E-state index in [9.17, 15) is 9.59 Å². The van der Waals surface area contributed by atoms with E-state index in [0.717, 1.165) is 36.0 Å². The molecule has 1 aromatic rings. The van der Waals surface area contributed by atoms with Crippen molar-refractivity contribution in [1.29, 1.82) is 0 Å². The Bertz CT molecular complexity index is 621. The van der Waals surface area contributed by atoms with Gasteiger partial charge in [-0.15, -0.1) is 0 Å². The largest absolute Gasteiger partial charge is 0.462 e. The van der Waals surface area contributed by atoms with Gasteiger partial charge in [0.15, 0.2) is 6.04 Å². The van der Waals surface area contributed by atoms with Crippen LogP contribution in [0, 0.1) is 6.92 Å². The highest BCUT2D eigenvalue weighted by Gasteiger charge is 2.40. The predicted molar refractivity (Wildman–Crippen MR) is 99.6 cm³/mol. The standard InChI is InChI=1S/C20H30N2O3/c1-5-10-17(22(4)13-7-8-14-22)19(23)21-18-15(3)11-9-12-16(18)20(24)25-6-2/h9,11-12,17H,5-8,10,13-14H2,1-4H3/p+1. The Balaban J connectivity index is 2.27. The molecule has 1 atom stereocenters. The number of hydrogen-bond acceptors (Lipinski definition) is 3. The molecule has 0 bridgehead atoms. The lowest BCUT2D eigenvalue weighted by atomic mass is 10.0. The Kier molecular flexibility index (Phi) is 6.59. The molecule has 1 saturated heterocycles. The maximum atomic E-state index is 13.1. The normalized spacial score (nSPS) is 17.1. The molecule has 25 heavy (non-hydrogen) atoms. The Hall–Kier alpha value is -1.88. The molecule has 1 heterocycles. The molecule has 0 radical (unpaired) electrons. The van der Waals surface area contributed by atoms with Gasteiger partial charge in [0.25, 0.3) is 5.91 Å². The Morgan fingerprint density at radius 2 is 1.92 bits per heavy atom. The van der Waals surface area contributed by atoms with Crippen molar-refractivity contribution in [2.45, 2.75) is 52.5 Å². The summed E-state index contributed by atoms with van der Waals surface area (Å²) < 4.78 is 5.93. The lowest BCUT2D eigenvalue weighted by Crippen LogP contribution is -2.55. The Morgan fingerprint density at radius 3 is 2.52 bits per heavy atom. The number of anilines is 1. The average Bonchev–Trinajstić information content (AvgIpc) is 3.02. The van der Waals surface area contributed by atoms with E-state index in [0.29, 0.717) is 17.9 Å². The summed E-state index contributed by atoms with van der Waals surface area (Å²) in [6.45, 7) is 8.18. The molecule has 1 N–H and O–H groups in total. The topological polar surface area (TPSA) is 55.4 Å². The second kappa shape index (κ2) is 8.48. The zero-order valence-electron chi connectivity index (χ0n) is 15.9. The molecule has 2 rings (SSSR count). The van der Waals surface area contributed by atoms with Crippen LogP contribution in [0.1, 0.15) is 55.5 Å². The minimum atomic E-state index is -0.393. The number of esters is 1. The van der Waals surface area contributed by atoms with E-state index in [-0.39, 0.29) is 11.9 Å². The van der Waals surface area contributed by atoms with E-state index in [1.54, 1.807) is 13.0 Å². The van der Waals surface area contributed by atoms with Gasteiger partial charge in [0.05, 0.1) is 38.0 Å². The first kappa shape index (κ1) is 19.4. The van der Waals surface area contributed by atoms with Gasteiger partial charge in [-0.05, 0) is 31.9 Å². The van der Waals surface area contributed by atoms with Crippen molar-refractivity contribution >= 4 is 17.6 Å². The van der Waals surface area contributed by atoms with Crippen LogP contribution in [-0.4, -0.2) is 49.1 Å². The number of nitrogens with zero attached hydrogens (tertiary/aromatic N) is 1. The third-order valence-corrected chi connectivity index (χ3v) is 5.22. The van der Waals surface area contributed by atoms with Gasteiger partial charge in [0.1, 0.15) is 0 Å². The molecule has 0 saturated carbocycles. The van der Waals surface area contributed by atoms with E-state index >= 15 is 0 Å². The smallest absolute Gasteiger partial charge is 0.340 e. The van der Waals surface area contributed by atoms with Crippen molar-refractivity contribution in [3.63, 3.8) is 0 Å². The molecule has 1 aliphatic rings. The van der Waals surface area contributed by atoms with E-state index < -0.39 is 5.97 Å². The van der Waals surface area contributed by atoms with Crippen LogP contribution in [0.4, 0.5) is 5.69 Å². The van der Waals surface area contributed by atoms with Crippen molar-refractivity contribution in [2.75, 3.05) is 32.1 Å². The number of amides is 1. The summed E-state index contributed by atoms with van der Waals surface area (Å²) in [7, 11) is 2.18. The zero-order chi connectivity index (χ0) is 18.4. The number of aryl methyl sites for hydroxylation is 1. The highest BCUT2D eigenvalue weighted by atomic mass is 16.5. The third-order valence-electron chi connectivity index (χ3n) is 5.22. The molecule has 1 aliphatic heterocycles. The summed E-state index contributed by atoms with van der Waals surface area (Å²) in [6.07, 6.45) is 4.15. The van der Waals surface area contributed by atoms with Crippen molar-refractivity contribution in [1.82, 2.24) is 0 Å². The molecule has 0 aliphatic carbocycles. The first-order valence-corrected chi connectivity index (χ1v) is 9.34. The summed E-state index contributed by atoms with van der Waals surface area (Å²) in [6, 6.07) is 5.35. The Labute approximate surface area is 150 Å². The van der Waals surface area contributed by atoms with Crippen LogP contribution in [0.3, 0.4) is 0 Å². The number of para-hydroxylation sites is 1. The molecular formula is C20H31N2O3+. The van der Waals surface area contributed by atoms with E-state index in [4.69, 9.17) is 4.74 Å². The highest BCUT2D eigenvalue weighted by molar-refractivity contribution is 6.03. The average molecular weight is 347 g/mol. The number of hydrogen-bond donors (Lipinski definition) is 1. The van der Waals surface area contributed by atoms with Crippen molar-refractivity contribution in [2.24, 2.45) is 0 Å². The number of carbonyl (C=O) groups is 2. The number of benzene rings is 1. The van der Waals surface area contributed by atoms with Crippen molar-refractivity contribution in [3.8, 4) is 0 Å². The first-order chi connectivity index (χ1) is 11.9. The van der Waals surface area contributed by atoms with Gasteiger partial charge in [-0.1, -0.05) is 19.1 Å². The third kappa shape index (κ3) is 4.40. The number of likely N-dealkylation sites (tertiary alicyclic amines) is 1. The van der Waals surface area contributed by atoms with Gasteiger partial charge in [-0.25, -0.2) is 4.79 Å². The summed E-state index contributed by atoms with van der Waals surface area (Å²) in [5.41, 5.74) is 1.88. The molecule has 1 amide bonds. The van der Waals surface area contributed by atoms with Gasteiger partial charge in [-0.2, -0.15) is 0 Å². The second-order valence-corrected chi connectivity index (χ2v) is 7.15. The van der Waals surface area contributed by atoms with Gasteiger partial charge in [0.2, 0.25) is 0 Å². The van der Waals surface area contributed by atoms with Crippen LogP contribution in [-0.2, 0) is 9.53 Å². The number of rotatable bonds is 7. The fraction of sp³-hybridized carbons (Fsp3) is 0.600. The van der Waals surface area contributed by atoms with E-state index in [2.05, 4.69) is 19.3 Å². The van der Waals surface area contributed by atoms with Crippen LogP contribution in [0.5, 0.6) is 0 Å². The van der Waals surface area contributed by atoms with Crippen LogP contribution in [0.15, 0.2) is 18.2 Å². The molecule has 1 fully saturated rings. The maximum Gasteiger partial charge on any atom is 0.340 e. The van der Waals surface area contributed by atoms with Crippen LogP contribution in [0.25, 0.3) is 0 Å². The second-order valence-electron chi connectivity index (χ2n) is 7.15. The Morgan fingerprint density at radius 1 is 1.24 bits per heavy atom. The van der Waals surface area contributed by atoms with Crippen LogP contribution >= 0.6 is 0 Å². The van der Waals surface area contributed by atoms with Crippen molar-refractivity contribution < 1.29 is 18.8 Å². The number of nitrogens with one attached hydrogen (secondary N) is 1. The minimum absolute atomic E-state index is 0.00565. The fourth-order valence-corrected chi connectivity index (χ4v) is 3.79. The van der Waals surface area contributed by atoms with Gasteiger partial charge in [-0.3, -0.25) is 4.79 Å². The number of likely N-dealkylation sites (N-methyl/N-ethyl adjacent to an activating group) is 1. The number of ether oxygens (including phenoxy) is 1. The number of quaternary nitrogens is 1. The van der Waals surface area contributed by atoms with Gasteiger partial charge >= 0.3 is 5.97 Å². The summed E-state index contributed by atoms with van der Waals surface area (Å²) in [4.78, 5) is 25.3. The highest BCUT2D eigenvalue weighted by Crippen LogP contribution is 2.27. The fourth-order valence-electron chi connectivity index (χ4n) is 3.79. The van der Waals surface area contributed by atoms with Gasteiger partial charge in [0, 0.05) is 19.3 Å². The molecular weight excluding hydrogens is 316 g/mol. The van der Waals surface area contributed by atoms with Crippen molar-refractivity contribution in [3.05, 3.63) is 29.3 Å². The monoisotopic (exact) mass is 347 g/mol. The molecule has 1 unspecified atom stereocenters. The summed E-state index contributed by atoms with van der Waals surface area (Å²) >= 11 is 0. The lowest BCUT2D eigenvalue weighted by Gasteiger charge is -2.37. The quantitative estimate of drug-likeness (QED) is 0.606.